The van der Waals surface area contributed by atoms with Gasteiger partial charge in [-0.25, -0.2) is 0 Å². The van der Waals surface area contributed by atoms with E-state index in [9.17, 15) is 4.79 Å². The van der Waals surface area contributed by atoms with Gasteiger partial charge in [-0.1, -0.05) is 63.2 Å². The molecule has 6 nitrogen and oxygen atoms in total. The van der Waals surface area contributed by atoms with E-state index in [-0.39, 0.29) is 29.0 Å². The van der Waals surface area contributed by atoms with E-state index in [2.05, 4.69) is 46.2 Å². The van der Waals surface area contributed by atoms with Crippen LogP contribution < -0.4 is 5.32 Å². The first-order chi connectivity index (χ1) is 13.8. The smallest absolute Gasteiger partial charge is 0.290 e. The highest BCUT2D eigenvalue weighted by atomic mass is 16.5. The van der Waals surface area contributed by atoms with Crippen LogP contribution in [0.15, 0.2) is 47.1 Å². The third kappa shape index (κ3) is 4.11. The van der Waals surface area contributed by atoms with E-state index in [0.717, 1.165) is 30.6 Å². The maximum Gasteiger partial charge on any atom is 0.290 e. The molecule has 0 aliphatic heterocycles. The number of fused-ring (bicyclic) bond motifs is 1. The molecule has 152 valence electrons. The molecule has 1 amide bonds. The van der Waals surface area contributed by atoms with Gasteiger partial charge in [0, 0.05) is 17.3 Å². The summed E-state index contributed by atoms with van der Waals surface area (Å²) in [5, 5.41) is 11.8. The second kappa shape index (κ2) is 7.50. The molecule has 1 atom stereocenters. The first-order valence-electron chi connectivity index (χ1n) is 10.2. The highest BCUT2D eigenvalue weighted by molar-refractivity contribution is 5.91. The number of nitrogens with one attached hydrogen (secondary N) is 1. The summed E-state index contributed by atoms with van der Waals surface area (Å²) in [6, 6.07) is 12.0. The molecular weight excluding hydrogens is 364 g/mol. The van der Waals surface area contributed by atoms with Crippen LogP contribution in [-0.2, 0) is 13.0 Å². The summed E-state index contributed by atoms with van der Waals surface area (Å²) < 4.78 is 7.34. The first kappa shape index (κ1) is 19.4. The summed E-state index contributed by atoms with van der Waals surface area (Å²) in [5.41, 5.74) is 4.35. The van der Waals surface area contributed by atoms with Crippen LogP contribution in [0, 0.1) is 5.41 Å². The molecule has 1 N–H and O–H groups in total. The molecule has 1 aliphatic carbocycles. The number of hydrogen-bond acceptors (Lipinski definition) is 4. The number of aromatic nitrogens is 3. The monoisotopic (exact) mass is 392 g/mol. The average Bonchev–Trinajstić information content (AvgIpc) is 3.30. The van der Waals surface area contributed by atoms with Crippen molar-refractivity contribution >= 4 is 5.91 Å². The second-order valence-corrected chi connectivity index (χ2v) is 9.03. The molecule has 1 aromatic carbocycles. The van der Waals surface area contributed by atoms with E-state index in [1.807, 2.05) is 38.2 Å². The van der Waals surface area contributed by atoms with Crippen molar-refractivity contribution in [1.82, 2.24) is 20.3 Å². The molecule has 0 fully saturated rings. The molecule has 3 aromatic rings. The van der Waals surface area contributed by atoms with Crippen molar-refractivity contribution in [2.24, 2.45) is 5.41 Å². The molecule has 0 radical (unpaired) electrons. The number of amides is 1. The lowest BCUT2D eigenvalue weighted by Gasteiger charge is -2.35. The minimum absolute atomic E-state index is 0.0594. The van der Waals surface area contributed by atoms with Gasteiger partial charge in [-0.05, 0) is 29.7 Å². The van der Waals surface area contributed by atoms with Crippen LogP contribution in [0.4, 0.5) is 0 Å². The Labute approximate surface area is 171 Å². The van der Waals surface area contributed by atoms with Gasteiger partial charge >= 0.3 is 0 Å². The Morgan fingerprint density at radius 1 is 1.31 bits per heavy atom. The molecule has 0 spiro atoms. The van der Waals surface area contributed by atoms with E-state index in [1.54, 1.807) is 6.07 Å². The Kier molecular flexibility index (Phi) is 5.03. The molecule has 6 heteroatoms. The maximum absolute atomic E-state index is 12.8. The molecule has 0 bridgehead atoms. The Balaban J connectivity index is 1.58. The summed E-state index contributed by atoms with van der Waals surface area (Å²) in [6.45, 7) is 9.25. The molecule has 1 aliphatic rings. The van der Waals surface area contributed by atoms with Gasteiger partial charge in [0.15, 0.2) is 0 Å². The molecular formula is C23H28N4O2. The van der Waals surface area contributed by atoms with Crippen molar-refractivity contribution in [3.05, 3.63) is 70.9 Å². The fraction of sp³-hybridized carbons (Fsp3) is 0.435. The summed E-state index contributed by atoms with van der Waals surface area (Å²) in [4.78, 5) is 12.8. The summed E-state index contributed by atoms with van der Waals surface area (Å²) in [7, 11) is 0. The van der Waals surface area contributed by atoms with Crippen molar-refractivity contribution in [3.8, 4) is 0 Å². The number of carbonyl (C=O) groups is 1. The maximum atomic E-state index is 12.8. The van der Waals surface area contributed by atoms with Crippen molar-refractivity contribution in [3.63, 3.8) is 0 Å². The predicted molar refractivity (Wildman–Crippen MR) is 111 cm³/mol. The van der Waals surface area contributed by atoms with Crippen LogP contribution >= 0.6 is 0 Å². The second-order valence-electron chi connectivity index (χ2n) is 9.03. The van der Waals surface area contributed by atoms with Gasteiger partial charge in [0.25, 0.3) is 5.91 Å². The number of rotatable bonds is 5. The standard InChI is InChI=1S/C23H28N4O2/c1-15(2)18-10-21(29-26-18)22(28)25-19-11-23(3,4)12-20-17(19)13-24-27(20)14-16-8-6-5-7-9-16/h5-10,13,15,19H,11-12,14H2,1-4H3,(H,25,28)/t19-/m1/s1. The molecule has 0 saturated carbocycles. The number of hydrogen-bond donors (Lipinski definition) is 1. The van der Waals surface area contributed by atoms with Crippen LogP contribution in [0.3, 0.4) is 0 Å². The zero-order valence-corrected chi connectivity index (χ0v) is 17.5. The van der Waals surface area contributed by atoms with Gasteiger partial charge in [-0.3, -0.25) is 9.48 Å². The van der Waals surface area contributed by atoms with E-state index < -0.39 is 0 Å². The van der Waals surface area contributed by atoms with Crippen molar-refractivity contribution in [1.29, 1.82) is 0 Å². The Morgan fingerprint density at radius 2 is 2.07 bits per heavy atom. The molecule has 2 aromatic heterocycles. The fourth-order valence-corrected chi connectivity index (χ4v) is 4.02. The van der Waals surface area contributed by atoms with Crippen LogP contribution in [0.1, 0.15) is 79.1 Å². The molecule has 2 heterocycles. The number of carbonyl (C=O) groups excluding carboxylic acids is 1. The third-order valence-electron chi connectivity index (χ3n) is 5.58. The fourth-order valence-electron chi connectivity index (χ4n) is 4.02. The molecule has 29 heavy (non-hydrogen) atoms. The zero-order chi connectivity index (χ0) is 20.6. The van der Waals surface area contributed by atoms with E-state index in [4.69, 9.17) is 4.52 Å². The van der Waals surface area contributed by atoms with Crippen molar-refractivity contribution in [2.45, 2.75) is 59.0 Å². The SMILES string of the molecule is CC(C)c1cc(C(=O)N[C@@H]2CC(C)(C)Cc3c2cnn3Cc2ccccc2)on1. The molecule has 0 saturated heterocycles. The van der Waals surface area contributed by atoms with Gasteiger partial charge < -0.3 is 9.84 Å². The van der Waals surface area contributed by atoms with Crippen LogP contribution in [0.5, 0.6) is 0 Å². The Morgan fingerprint density at radius 3 is 2.76 bits per heavy atom. The Bertz CT molecular complexity index is 1000. The Hall–Kier alpha value is -2.89. The van der Waals surface area contributed by atoms with Gasteiger partial charge in [0.1, 0.15) is 0 Å². The zero-order valence-electron chi connectivity index (χ0n) is 17.5. The van der Waals surface area contributed by atoms with Crippen LogP contribution in [-0.4, -0.2) is 20.8 Å². The van der Waals surface area contributed by atoms with E-state index >= 15 is 0 Å². The lowest BCUT2D eigenvalue weighted by molar-refractivity contribution is 0.0881. The summed E-state index contributed by atoms with van der Waals surface area (Å²) in [5.74, 6) is 0.251. The van der Waals surface area contributed by atoms with Crippen LogP contribution in [0.2, 0.25) is 0 Å². The average molecular weight is 393 g/mol. The van der Waals surface area contributed by atoms with Crippen molar-refractivity contribution < 1.29 is 9.32 Å². The van der Waals surface area contributed by atoms with Gasteiger partial charge in [0.2, 0.25) is 5.76 Å². The molecule has 0 unspecified atom stereocenters. The highest BCUT2D eigenvalue weighted by Crippen LogP contribution is 2.41. The lowest BCUT2D eigenvalue weighted by atomic mass is 9.74. The topological polar surface area (TPSA) is 73.0 Å². The first-order valence-corrected chi connectivity index (χ1v) is 10.2. The summed E-state index contributed by atoms with van der Waals surface area (Å²) >= 11 is 0. The van der Waals surface area contributed by atoms with Crippen LogP contribution in [0.25, 0.3) is 0 Å². The quantitative estimate of drug-likeness (QED) is 0.694. The predicted octanol–water partition coefficient (Wildman–Crippen LogP) is 4.49. The van der Waals surface area contributed by atoms with Crippen molar-refractivity contribution in [2.75, 3.05) is 0 Å². The molecule has 4 rings (SSSR count). The third-order valence-corrected chi connectivity index (χ3v) is 5.58. The van der Waals surface area contributed by atoms with Gasteiger partial charge in [-0.15, -0.1) is 0 Å². The van der Waals surface area contributed by atoms with E-state index in [1.165, 1.54) is 11.3 Å². The highest BCUT2D eigenvalue weighted by Gasteiger charge is 2.36. The minimum Gasteiger partial charge on any atom is -0.351 e. The number of nitrogens with zero attached hydrogens (tertiary/aromatic N) is 3. The van der Waals surface area contributed by atoms with Gasteiger partial charge in [0.05, 0.1) is 24.5 Å². The number of benzene rings is 1. The minimum atomic E-state index is -0.228. The lowest BCUT2D eigenvalue weighted by Crippen LogP contribution is -2.36. The van der Waals surface area contributed by atoms with Gasteiger partial charge in [-0.2, -0.15) is 5.10 Å². The largest absolute Gasteiger partial charge is 0.351 e. The summed E-state index contributed by atoms with van der Waals surface area (Å²) in [6.07, 6.45) is 3.69. The normalized spacial score (nSPS) is 17.9. The van der Waals surface area contributed by atoms with E-state index in [0.29, 0.717) is 0 Å².